The molecule has 33 heavy (non-hydrogen) atoms. The quantitative estimate of drug-likeness (QED) is 0.292. The van der Waals surface area contributed by atoms with Gasteiger partial charge in [0.2, 0.25) is 9.04 Å². The molecule has 1 unspecified atom stereocenters. The molecule has 0 aliphatic rings. The molecule has 3 heteroatoms. The molecule has 0 heterocycles. The van der Waals surface area contributed by atoms with Gasteiger partial charge in [0, 0.05) is 0 Å². The van der Waals surface area contributed by atoms with Crippen LogP contribution in [0, 0.1) is 12.3 Å². The van der Waals surface area contributed by atoms with Crippen molar-refractivity contribution in [2.24, 2.45) is 0 Å². The molecular weight excluding hydrogens is 420 g/mol. The molecule has 0 saturated heterocycles. The van der Waals surface area contributed by atoms with Gasteiger partial charge in [-0.25, -0.2) is 0 Å². The van der Waals surface area contributed by atoms with Crippen LogP contribution in [0.1, 0.15) is 83.2 Å². The van der Waals surface area contributed by atoms with Crippen LogP contribution in [0.5, 0.6) is 5.75 Å². The van der Waals surface area contributed by atoms with E-state index in [1.165, 1.54) is 11.1 Å². The summed E-state index contributed by atoms with van der Waals surface area (Å²) in [6.07, 6.45) is 8.05. The van der Waals surface area contributed by atoms with Crippen LogP contribution in [0.15, 0.2) is 48.5 Å². The van der Waals surface area contributed by atoms with Crippen molar-refractivity contribution >= 4 is 14.6 Å². The normalized spacial score (nSPS) is 13.7. The van der Waals surface area contributed by atoms with Crippen molar-refractivity contribution in [3.63, 3.8) is 0 Å². The van der Waals surface area contributed by atoms with Gasteiger partial charge in [0.1, 0.15) is 11.9 Å². The largest absolute Gasteiger partial charge is 0.483 e. The topological polar surface area (TPSA) is 18.5 Å². The van der Waals surface area contributed by atoms with Gasteiger partial charge < -0.3 is 9.16 Å². The van der Waals surface area contributed by atoms with E-state index < -0.39 is 9.04 Å². The molecule has 1 atom stereocenters. The zero-order valence-electron chi connectivity index (χ0n) is 22.0. The molecule has 2 aromatic rings. The molecule has 0 aliphatic heterocycles. The van der Waals surface area contributed by atoms with Crippen molar-refractivity contribution in [3.05, 3.63) is 70.8 Å². The van der Waals surface area contributed by atoms with Crippen LogP contribution >= 0.6 is 0 Å². The van der Waals surface area contributed by atoms with Crippen LogP contribution in [-0.4, -0.2) is 15.6 Å². The first-order valence-electron chi connectivity index (χ1n) is 11.9. The van der Waals surface area contributed by atoms with Crippen molar-refractivity contribution in [1.82, 2.24) is 0 Å². The van der Waals surface area contributed by atoms with E-state index in [2.05, 4.69) is 97.8 Å². The summed E-state index contributed by atoms with van der Waals surface area (Å²) < 4.78 is 12.7. The molecule has 2 aromatic carbocycles. The van der Waals surface area contributed by atoms with Gasteiger partial charge in [-0.2, -0.15) is 0 Å². The van der Waals surface area contributed by atoms with Crippen molar-refractivity contribution < 1.29 is 9.16 Å². The fraction of sp³-hybridized carbons (Fsp3) is 0.467. The zero-order chi connectivity index (χ0) is 24.8. The summed E-state index contributed by atoms with van der Waals surface area (Å²) in [5, 5.41) is 0. The van der Waals surface area contributed by atoms with Gasteiger partial charge in [0.15, 0.2) is 0 Å². The van der Waals surface area contributed by atoms with E-state index in [1.54, 1.807) is 0 Å². The third kappa shape index (κ3) is 7.63. The van der Waals surface area contributed by atoms with E-state index in [9.17, 15) is 0 Å². The van der Waals surface area contributed by atoms with Gasteiger partial charge >= 0.3 is 0 Å². The van der Waals surface area contributed by atoms with Crippen LogP contribution < -0.4 is 4.74 Å². The Balaban J connectivity index is 2.50. The number of benzene rings is 2. The van der Waals surface area contributed by atoms with E-state index in [1.807, 2.05) is 18.2 Å². The van der Waals surface area contributed by atoms with Crippen molar-refractivity contribution in [1.29, 1.82) is 0 Å². The molecule has 2 nitrogen and oxygen atoms in total. The van der Waals surface area contributed by atoms with Crippen LogP contribution in [-0.2, 0) is 15.3 Å². The minimum Gasteiger partial charge on any atom is -0.483 e. The Morgan fingerprint density at radius 2 is 1.67 bits per heavy atom. The van der Waals surface area contributed by atoms with Gasteiger partial charge in [-0.05, 0) is 76.4 Å². The molecule has 0 fully saturated rings. The first kappa shape index (κ1) is 27.0. The second kappa shape index (κ2) is 11.2. The van der Waals surface area contributed by atoms with Crippen molar-refractivity contribution in [2.45, 2.75) is 84.9 Å². The summed E-state index contributed by atoms with van der Waals surface area (Å²) in [7, 11) is -0.841. The SMILES string of the molecule is C#C/C=C(\CC)c1cccc(OC(CO[Si](C)C)c2ccc(C(C)(C)C)c(C(C)(C)C)c2)c1. The van der Waals surface area contributed by atoms with E-state index in [4.69, 9.17) is 15.6 Å². The number of rotatable bonds is 8. The van der Waals surface area contributed by atoms with E-state index in [0.29, 0.717) is 6.61 Å². The third-order valence-electron chi connectivity index (χ3n) is 5.68. The van der Waals surface area contributed by atoms with Crippen LogP contribution in [0.4, 0.5) is 0 Å². The maximum absolute atomic E-state index is 6.57. The summed E-state index contributed by atoms with van der Waals surface area (Å²) in [5.41, 5.74) is 6.23. The van der Waals surface area contributed by atoms with E-state index in [0.717, 1.165) is 28.9 Å². The smallest absolute Gasteiger partial charge is 0.205 e. The maximum Gasteiger partial charge on any atom is 0.205 e. The molecular formula is C30H41O2Si. The predicted octanol–water partition coefficient (Wildman–Crippen LogP) is 8.10. The highest BCUT2D eigenvalue weighted by atomic mass is 28.3. The molecule has 177 valence electrons. The first-order chi connectivity index (χ1) is 15.4. The highest BCUT2D eigenvalue weighted by Crippen LogP contribution is 2.36. The molecule has 0 saturated carbocycles. The molecule has 0 bridgehead atoms. The number of hydrogen-bond donors (Lipinski definition) is 0. The Hall–Kier alpha value is -2.28. The van der Waals surface area contributed by atoms with E-state index in [-0.39, 0.29) is 16.9 Å². The third-order valence-corrected chi connectivity index (χ3v) is 6.42. The summed E-state index contributed by atoms with van der Waals surface area (Å²) >= 11 is 0. The van der Waals surface area contributed by atoms with Crippen LogP contribution in [0.2, 0.25) is 13.1 Å². The molecule has 0 aliphatic carbocycles. The lowest BCUT2D eigenvalue weighted by Crippen LogP contribution is -2.24. The number of ether oxygens (including phenoxy) is 1. The fourth-order valence-electron chi connectivity index (χ4n) is 3.90. The molecule has 2 rings (SSSR count). The number of terminal acetylenes is 1. The number of hydrogen-bond acceptors (Lipinski definition) is 2. The van der Waals surface area contributed by atoms with Gasteiger partial charge in [0.25, 0.3) is 0 Å². The summed E-state index contributed by atoms with van der Waals surface area (Å²) in [6.45, 7) is 20.6. The first-order valence-corrected chi connectivity index (χ1v) is 14.3. The molecule has 0 N–H and O–H groups in total. The Morgan fingerprint density at radius 3 is 2.21 bits per heavy atom. The lowest BCUT2D eigenvalue weighted by atomic mass is 9.74. The van der Waals surface area contributed by atoms with Gasteiger partial charge in [-0.3, -0.25) is 0 Å². The maximum atomic E-state index is 6.57. The van der Waals surface area contributed by atoms with Gasteiger partial charge in [-0.1, -0.05) is 84.7 Å². The molecule has 0 spiro atoms. The molecule has 1 radical (unpaired) electrons. The predicted molar refractivity (Wildman–Crippen MR) is 144 cm³/mol. The molecule has 0 aromatic heterocycles. The van der Waals surface area contributed by atoms with Gasteiger partial charge in [-0.15, -0.1) is 6.42 Å². The minimum atomic E-state index is -0.841. The zero-order valence-corrected chi connectivity index (χ0v) is 23.0. The summed E-state index contributed by atoms with van der Waals surface area (Å²) in [5.74, 6) is 3.48. The van der Waals surface area contributed by atoms with Crippen LogP contribution in [0.3, 0.4) is 0 Å². The second-order valence-corrected chi connectivity index (χ2v) is 13.0. The Morgan fingerprint density at radius 1 is 1.00 bits per heavy atom. The van der Waals surface area contributed by atoms with Crippen molar-refractivity contribution in [3.8, 4) is 18.1 Å². The van der Waals surface area contributed by atoms with Crippen LogP contribution in [0.25, 0.3) is 5.57 Å². The van der Waals surface area contributed by atoms with Crippen molar-refractivity contribution in [2.75, 3.05) is 6.61 Å². The Kier molecular flexibility index (Phi) is 9.18. The van der Waals surface area contributed by atoms with Gasteiger partial charge in [0.05, 0.1) is 6.61 Å². The Bertz CT molecular complexity index is 997. The number of allylic oxidation sites excluding steroid dienone is 2. The highest BCUT2D eigenvalue weighted by Gasteiger charge is 2.27. The lowest BCUT2D eigenvalue weighted by molar-refractivity contribution is 0.129. The molecule has 0 amide bonds. The lowest BCUT2D eigenvalue weighted by Gasteiger charge is -2.32. The second-order valence-electron chi connectivity index (χ2n) is 10.8. The highest BCUT2D eigenvalue weighted by molar-refractivity contribution is 6.48. The minimum absolute atomic E-state index is 0.0322. The standard InChI is InChI=1S/C30H41O2Si/c1-11-14-22(12-2)23-15-13-16-25(19-23)32-28(21-31-33(9)10)24-17-18-26(29(3,4)5)27(20-24)30(6,7)8/h1,13-20,28H,12,21H2,2-10H3/b22-14+. The summed E-state index contributed by atoms with van der Waals surface area (Å²) in [6, 6.07) is 15.0. The Labute approximate surface area is 204 Å². The fourth-order valence-corrected chi connectivity index (χ4v) is 4.39. The van der Waals surface area contributed by atoms with E-state index >= 15 is 0 Å². The average Bonchev–Trinajstić information content (AvgIpc) is 2.73. The monoisotopic (exact) mass is 461 g/mol. The summed E-state index contributed by atoms with van der Waals surface area (Å²) in [4.78, 5) is 0. The average molecular weight is 462 g/mol.